The monoisotopic (exact) mass is 348 g/mol. The van der Waals surface area contributed by atoms with E-state index in [4.69, 9.17) is 0 Å². The van der Waals surface area contributed by atoms with E-state index in [0.717, 1.165) is 10.0 Å². The molecule has 0 spiro atoms. The highest BCUT2D eigenvalue weighted by Gasteiger charge is 2.14. The van der Waals surface area contributed by atoms with Gasteiger partial charge < -0.3 is 5.32 Å². The normalized spacial score (nSPS) is 13.7. The van der Waals surface area contributed by atoms with Gasteiger partial charge in [-0.2, -0.15) is 0 Å². The van der Waals surface area contributed by atoms with E-state index in [0.29, 0.717) is 0 Å². The summed E-state index contributed by atoms with van der Waals surface area (Å²) in [6.07, 6.45) is 0. The van der Waals surface area contributed by atoms with Crippen molar-refractivity contribution >= 4 is 21.6 Å². The van der Waals surface area contributed by atoms with Crippen LogP contribution in [0.25, 0.3) is 0 Å². The summed E-state index contributed by atoms with van der Waals surface area (Å²) in [5, 5.41) is 14.3. The van der Waals surface area contributed by atoms with Gasteiger partial charge in [0.15, 0.2) is 0 Å². The summed E-state index contributed by atoms with van der Waals surface area (Å²) < 4.78 is 1.05. The maximum Gasteiger partial charge on any atom is 0.269 e. The van der Waals surface area contributed by atoms with Crippen molar-refractivity contribution in [2.45, 2.75) is 25.9 Å². The van der Waals surface area contributed by atoms with Crippen LogP contribution in [0.15, 0.2) is 53.0 Å². The standard InChI is InChI=1S/C16H17BrN2O2/c1-11(13-6-8-15(17)9-7-13)18-12(2)14-4-3-5-16(10-14)19(20)21/h3-12,18H,1-2H3/t11-,12?/m1/s1. The molecule has 4 nitrogen and oxygen atoms in total. The summed E-state index contributed by atoms with van der Waals surface area (Å²) in [5.41, 5.74) is 2.21. The molecular weight excluding hydrogens is 332 g/mol. The Balaban J connectivity index is 2.10. The Hall–Kier alpha value is -1.72. The second-order valence-electron chi connectivity index (χ2n) is 5.01. The number of rotatable bonds is 5. The van der Waals surface area contributed by atoms with Crippen LogP contribution in [0.5, 0.6) is 0 Å². The summed E-state index contributed by atoms with van der Waals surface area (Å²) >= 11 is 3.42. The smallest absolute Gasteiger partial charge is 0.269 e. The van der Waals surface area contributed by atoms with E-state index >= 15 is 0 Å². The van der Waals surface area contributed by atoms with Gasteiger partial charge >= 0.3 is 0 Å². The Bertz CT molecular complexity index is 628. The van der Waals surface area contributed by atoms with E-state index in [1.807, 2.05) is 25.1 Å². The molecule has 21 heavy (non-hydrogen) atoms. The molecule has 0 heterocycles. The fourth-order valence-corrected chi connectivity index (χ4v) is 2.49. The highest BCUT2D eigenvalue weighted by atomic mass is 79.9. The number of halogens is 1. The fourth-order valence-electron chi connectivity index (χ4n) is 2.23. The first kappa shape index (κ1) is 15.7. The minimum absolute atomic E-state index is 0.0311. The largest absolute Gasteiger partial charge is 0.304 e. The predicted octanol–water partition coefficient (Wildman–Crippen LogP) is 4.77. The van der Waals surface area contributed by atoms with Gasteiger partial charge in [0.05, 0.1) is 4.92 Å². The predicted molar refractivity (Wildman–Crippen MR) is 87.2 cm³/mol. The van der Waals surface area contributed by atoms with E-state index in [2.05, 4.69) is 40.3 Å². The third-order valence-corrected chi connectivity index (χ3v) is 3.98. The van der Waals surface area contributed by atoms with Gasteiger partial charge in [-0.15, -0.1) is 0 Å². The second kappa shape index (κ2) is 6.83. The molecule has 2 aromatic carbocycles. The molecule has 2 atom stereocenters. The number of hydrogen-bond donors (Lipinski definition) is 1. The Morgan fingerprint density at radius 1 is 1.05 bits per heavy atom. The number of nitro groups is 1. The van der Waals surface area contributed by atoms with Crippen LogP contribution in [0, 0.1) is 10.1 Å². The first-order valence-electron chi connectivity index (χ1n) is 6.73. The van der Waals surface area contributed by atoms with Gasteiger partial charge in [0.1, 0.15) is 0 Å². The highest BCUT2D eigenvalue weighted by molar-refractivity contribution is 9.10. The molecule has 1 N–H and O–H groups in total. The lowest BCUT2D eigenvalue weighted by Gasteiger charge is -2.20. The lowest BCUT2D eigenvalue weighted by Crippen LogP contribution is -2.22. The molecule has 0 amide bonds. The topological polar surface area (TPSA) is 55.2 Å². The van der Waals surface area contributed by atoms with Crippen molar-refractivity contribution in [1.82, 2.24) is 5.32 Å². The summed E-state index contributed by atoms with van der Waals surface area (Å²) in [6, 6.07) is 15.1. The second-order valence-corrected chi connectivity index (χ2v) is 5.93. The van der Waals surface area contributed by atoms with E-state index in [1.165, 1.54) is 11.6 Å². The zero-order chi connectivity index (χ0) is 15.4. The molecule has 0 aliphatic rings. The molecule has 2 rings (SSSR count). The number of benzene rings is 2. The Morgan fingerprint density at radius 2 is 1.67 bits per heavy atom. The van der Waals surface area contributed by atoms with Gasteiger partial charge in [-0.1, -0.05) is 40.2 Å². The van der Waals surface area contributed by atoms with Gasteiger partial charge in [-0.05, 0) is 37.1 Å². The Kier molecular flexibility index (Phi) is 5.09. The minimum Gasteiger partial charge on any atom is -0.304 e. The van der Waals surface area contributed by atoms with Gasteiger partial charge in [0.2, 0.25) is 0 Å². The lowest BCUT2D eigenvalue weighted by atomic mass is 10.0. The molecule has 0 aliphatic carbocycles. The third-order valence-electron chi connectivity index (χ3n) is 3.45. The van der Waals surface area contributed by atoms with Crippen molar-refractivity contribution in [3.63, 3.8) is 0 Å². The van der Waals surface area contributed by atoms with Gasteiger partial charge in [0.25, 0.3) is 5.69 Å². The van der Waals surface area contributed by atoms with Crippen LogP contribution in [0.4, 0.5) is 5.69 Å². The van der Waals surface area contributed by atoms with Crippen LogP contribution in [0.2, 0.25) is 0 Å². The zero-order valence-corrected chi connectivity index (χ0v) is 13.5. The van der Waals surface area contributed by atoms with Crippen molar-refractivity contribution < 1.29 is 4.92 Å². The van der Waals surface area contributed by atoms with Crippen molar-refractivity contribution in [2.75, 3.05) is 0 Å². The van der Waals surface area contributed by atoms with E-state index in [-0.39, 0.29) is 22.7 Å². The van der Waals surface area contributed by atoms with Crippen LogP contribution in [0.3, 0.4) is 0 Å². The van der Waals surface area contributed by atoms with Crippen LogP contribution in [-0.4, -0.2) is 4.92 Å². The average molecular weight is 349 g/mol. The SMILES string of the molecule is CC(N[C@H](C)c1ccc(Br)cc1)c1cccc([N+](=O)[O-])c1. The molecule has 0 aliphatic heterocycles. The third kappa shape index (κ3) is 4.12. The zero-order valence-electron chi connectivity index (χ0n) is 11.9. The number of non-ortho nitro benzene ring substituents is 1. The van der Waals surface area contributed by atoms with E-state index in [1.54, 1.807) is 12.1 Å². The Labute approximate surface area is 132 Å². The van der Waals surface area contributed by atoms with Crippen molar-refractivity contribution in [2.24, 2.45) is 0 Å². The van der Waals surface area contributed by atoms with Crippen molar-refractivity contribution in [3.05, 3.63) is 74.2 Å². The fraction of sp³-hybridized carbons (Fsp3) is 0.250. The molecule has 0 aromatic heterocycles. The molecule has 0 radical (unpaired) electrons. The number of nitro benzene ring substituents is 1. The summed E-state index contributed by atoms with van der Waals surface area (Å²) in [7, 11) is 0. The summed E-state index contributed by atoms with van der Waals surface area (Å²) in [6.45, 7) is 4.09. The number of nitrogens with one attached hydrogen (secondary N) is 1. The van der Waals surface area contributed by atoms with Crippen LogP contribution in [0.1, 0.15) is 37.1 Å². The van der Waals surface area contributed by atoms with Crippen molar-refractivity contribution in [1.29, 1.82) is 0 Å². The molecule has 0 bridgehead atoms. The summed E-state index contributed by atoms with van der Waals surface area (Å²) in [4.78, 5) is 10.5. The van der Waals surface area contributed by atoms with Gasteiger partial charge in [-0.3, -0.25) is 10.1 Å². The van der Waals surface area contributed by atoms with Crippen LogP contribution < -0.4 is 5.32 Å². The number of hydrogen-bond acceptors (Lipinski definition) is 3. The molecule has 1 unspecified atom stereocenters. The molecule has 2 aromatic rings. The van der Waals surface area contributed by atoms with E-state index < -0.39 is 0 Å². The maximum absolute atomic E-state index is 10.8. The molecule has 0 fully saturated rings. The van der Waals surface area contributed by atoms with E-state index in [9.17, 15) is 10.1 Å². The quantitative estimate of drug-likeness (QED) is 0.625. The van der Waals surface area contributed by atoms with Gasteiger partial charge in [0, 0.05) is 28.7 Å². The van der Waals surface area contributed by atoms with Gasteiger partial charge in [-0.25, -0.2) is 0 Å². The van der Waals surface area contributed by atoms with Crippen LogP contribution in [-0.2, 0) is 0 Å². The molecule has 0 saturated heterocycles. The first-order chi connectivity index (χ1) is 9.97. The Morgan fingerprint density at radius 3 is 2.29 bits per heavy atom. The molecular formula is C16H17BrN2O2. The average Bonchev–Trinajstić information content (AvgIpc) is 2.48. The lowest BCUT2D eigenvalue weighted by molar-refractivity contribution is -0.384. The molecule has 0 saturated carbocycles. The van der Waals surface area contributed by atoms with Crippen LogP contribution >= 0.6 is 15.9 Å². The highest BCUT2D eigenvalue weighted by Crippen LogP contribution is 2.23. The summed E-state index contributed by atoms with van der Waals surface area (Å²) in [5.74, 6) is 0. The first-order valence-corrected chi connectivity index (χ1v) is 7.52. The molecule has 5 heteroatoms. The molecule has 110 valence electrons. The number of nitrogens with zero attached hydrogens (tertiary/aromatic N) is 1. The maximum atomic E-state index is 10.8. The minimum atomic E-state index is -0.367. The van der Waals surface area contributed by atoms with Crippen molar-refractivity contribution in [3.8, 4) is 0 Å².